The second-order valence-electron chi connectivity index (χ2n) is 7.38. The molecule has 1 atom stereocenters. The van der Waals surface area contributed by atoms with Crippen LogP contribution in [-0.4, -0.2) is 44.8 Å². The first-order valence-electron chi connectivity index (χ1n) is 10.2. The fourth-order valence-corrected chi connectivity index (χ4v) is 3.60. The van der Waals surface area contributed by atoms with Gasteiger partial charge in [-0.2, -0.15) is 0 Å². The molecule has 0 aliphatic heterocycles. The quantitative estimate of drug-likeness (QED) is 0.268. The van der Waals surface area contributed by atoms with Gasteiger partial charge < -0.3 is 15.2 Å². The summed E-state index contributed by atoms with van der Waals surface area (Å²) in [6, 6.07) is 11.7. The van der Waals surface area contributed by atoms with Gasteiger partial charge in [-0.1, -0.05) is 24.3 Å². The number of benzene rings is 2. The van der Waals surface area contributed by atoms with Gasteiger partial charge in [-0.3, -0.25) is 10.4 Å². The van der Waals surface area contributed by atoms with Crippen LogP contribution in [0, 0.1) is 11.2 Å². The van der Waals surface area contributed by atoms with Crippen LogP contribution in [0.25, 0.3) is 5.95 Å². The molecule has 11 heteroatoms. The number of nitrogens with one attached hydrogen (secondary N) is 2. The standard InChI is InChI=1S/C23H22FN7O3/c1-33-18-12-15(11-17(24)19(18)34-2)16(10-13-4-6-14(7-5-13)20(25)26)21-29-23(32)31(30-21)22-27-8-3-9-28-22/h3-9,11-12,16H,10H2,1-2H3,(H3,25,26)(H,29,30,32). The number of aromatic amines is 1. The van der Waals surface area contributed by atoms with Gasteiger partial charge in [-0.05, 0) is 35.7 Å². The van der Waals surface area contributed by atoms with Gasteiger partial charge in [-0.25, -0.2) is 19.2 Å². The summed E-state index contributed by atoms with van der Waals surface area (Å²) in [7, 11) is 2.77. The molecule has 2 aromatic heterocycles. The number of amidine groups is 1. The largest absolute Gasteiger partial charge is 0.493 e. The molecule has 0 amide bonds. The molecule has 34 heavy (non-hydrogen) atoms. The number of aromatic nitrogens is 5. The summed E-state index contributed by atoms with van der Waals surface area (Å²) in [5, 5.41) is 12.0. The van der Waals surface area contributed by atoms with Crippen molar-refractivity contribution in [2.24, 2.45) is 5.73 Å². The van der Waals surface area contributed by atoms with E-state index in [0.717, 1.165) is 10.2 Å². The Kier molecular flexibility index (Phi) is 6.35. The zero-order valence-corrected chi connectivity index (χ0v) is 18.4. The van der Waals surface area contributed by atoms with Crippen LogP contribution in [0.2, 0.25) is 0 Å². The second kappa shape index (κ2) is 9.53. The summed E-state index contributed by atoms with van der Waals surface area (Å²) in [5.41, 5.74) is 6.97. The number of hydrogen-bond acceptors (Lipinski definition) is 7. The molecule has 174 valence electrons. The number of H-pyrrole nitrogens is 1. The number of nitrogens with two attached hydrogens (primary N) is 1. The minimum absolute atomic E-state index is 0.0208. The van der Waals surface area contributed by atoms with Crippen molar-refractivity contribution in [3.8, 4) is 17.4 Å². The highest BCUT2D eigenvalue weighted by Crippen LogP contribution is 2.36. The van der Waals surface area contributed by atoms with Gasteiger partial charge in [0, 0.05) is 23.9 Å². The smallest absolute Gasteiger partial charge is 0.350 e. The lowest BCUT2D eigenvalue weighted by atomic mass is 9.90. The molecule has 4 rings (SSSR count). The average molecular weight is 463 g/mol. The molecule has 0 bridgehead atoms. The first-order valence-corrected chi connectivity index (χ1v) is 10.2. The highest BCUT2D eigenvalue weighted by Gasteiger charge is 2.24. The third-order valence-electron chi connectivity index (χ3n) is 5.27. The summed E-state index contributed by atoms with van der Waals surface area (Å²) in [6.07, 6.45) is 3.36. The molecular weight excluding hydrogens is 441 g/mol. The number of methoxy groups -OCH3 is 2. The molecule has 0 spiro atoms. The topological polar surface area (TPSA) is 145 Å². The van der Waals surface area contributed by atoms with Crippen molar-refractivity contribution in [1.82, 2.24) is 24.7 Å². The lowest BCUT2D eigenvalue weighted by Gasteiger charge is -2.18. The van der Waals surface area contributed by atoms with Crippen LogP contribution in [0.4, 0.5) is 4.39 Å². The lowest BCUT2D eigenvalue weighted by molar-refractivity contribution is 0.336. The summed E-state index contributed by atoms with van der Waals surface area (Å²) in [4.78, 5) is 23.5. The third-order valence-corrected chi connectivity index (χ3v) is 5.27. The van der Waals surface area contributed by atoms with Crippen molar-refractivity contribution >= 4 is 5.84 Å². The maximum Gasteiger partial charge on any atom is 0.350 e. The normalized spacial score (nSPS) is 11.7. The van der Waals surface area contributed by atoms with Crippen molar-refractivity contribution in [2.45, 2.75) is 12.3 Å². The number of halogens is 1. The van der Waals surface area contributed by atoms with E-state index >= 15 is 0 Å². The van der Waals surface area contributed by atoms with Crippen molar-refractivity contribution in [3.05, 3.63) is 93.7 Å². The second-order valence-corrected chi connectivity index (χ2v) is 7.38. The number of nitrogen functional groups attached to an aromatic ring is 1. The minimum atomic E-state index is -0.609. The zero-order chi connectivity index (χ0) is 24.2. The summed E-state index contributed by atoms with van der Waals surface area (Å²) in [5.74, 6) is -0.624. The zero-order valence-electron chi connectivity index (χ0n) is 18.4. The van der Waals surface area contributed by atoms with E-state index in [1.165, 1.54) is 32.7 Å². The summed E-state index contributed by atoms with van der Waals surface area (Å²) in [6.45, 7) is 0. The van der Waals surface area contributed by atoms with Gasteiger partial charge >= 0.3 is 5.69 Å². The van der Waals surface area contributed by atoms with E-state index in [1.807, 2.05) is 12.1 Å². The molecule has 10 nitrogen and oxygen atoms in total. The van der Waals surface area contributed by atoms with Crippen LogP contribution in [0.3, 0.4) is 0 Å². The minimum Gasteiger partial charge on any atom is -0.493 e. The molecule has 0 aliphatic carbocycles. The van der Waals surface area contributed by atoms with Crippen LogP contribution >= 0.6 is 0 Å². The van der Waals surface area contributed by atoms with E-state index in [9.17, 15) is 9.18 Å². The molecule has 4 aromatic rings. The van der Waals surface area contributed by atoms with Gasteiger partial charge in [0.25, 0.3) is 5.95 Å². The Bertz CT molecular complexity index is 1370. The van der Waals surface area contributed by atoms with E-state index in [0.29, 0.717) is 23.4 Å². The third kappa shape index (κ3) is 4.49. The predicted octanol–water partition coefficient (Wildman–Crippen LogP) is 2.17. The fourth-order valence-electron chi connectivity index (χ4n) is 3.60. The van der Waals surface area contributed by atoms with E-state index in [1.54, 1.807) is 24.3 Å². The van der Waals surface area contributed by atoms with Crippen molar-refractivity contribution < 1.29 is 13.9 Å². The molecule has 0 saturated heterocycles. The van der Waals surface area contributed by atoms with Gasteiger partial charge in [0.15, 0.2) is 17.3 Å². The van der Waals surface area contributed by atoms with E-state index < -0.39 is 17.4 Å². The maximum absolute atomic E-state index is 14.8. The highest BCUT2D eigenvalue weighted by atomic mass is 19.1. The molecule has 2 aromatic carbocycles. The lowest BCUT2D eigenvalue weighted by Crippen LogP contribution is -2.18. The van der Waals surface area contributed by atoms with Crippen LogP contribution in [0.5, 0.6) is 11.5 Å². The Morgan fingerprint density at radius 3 is 2.50 bits per heavy atom. The average Bonchev–Trinajstić information content (AvgIpc) is 3.23. The number of hydrogen-bond donors (Lipinski definition) is 3. The molecule has 0 saturated carbocycles. The molecule has 4 N–H and O–H groups in total. The Labute approximate surface area is 193 Å². The molecule has 1 unspecified atom stereocenters. The predicted molar refractivity (Wildman–Crippen MR) is 122 cm³/mol. The number of ether oxygens (including phenoxy) is 2. The van der Waals surface area contributed by atoms with Gasteiger partial charge in [0.1, 0.15) is 11.7 Å². The molecule has 0 radical (unpaired) electrons. The number of nitrogens with zero attached hydrogens (tertiary/aromatic N) is 4. The molecule has 0 aliphatic rings. The monoisotopic (exact) mass is 463 g/mol. The Hall–Kier alpha value is -4.54. The van der Waals surface area contributed by atoms with Gasteiger partial charge in [-0.15, -0.1) is 9.78 Å². The Morgan fingerprint density at radius 2 is 1.88 bits per heavy atom. The molecule has 2 heterocycles. The van der Waals surface area contributed by atoms with Crippen molar-refractivity contribution in [3.63, 3.8) is 0 Å². The van der Waals surface area contributed by atoms with E-state index in [-0.39, 0.29) is 23.3 Å². The molecular formula is C23H22FN7O3. The van der Waals surface area contributed by atoms with Crippen LogP contribution < -0.4 is 20.9 Å². The van der Waals surface area contributed by atoms with Crippen LogP contribution in [0.1, 0.15) is 28.4 Å². The number of rotatable bonds is 8. The Balaban J connectivity index is 1.82. The van der Waals surface area contributed by atoms with Crippen molar-refractivity contribution in [2.75, 3.05) is 14.2 Å². The fraction of sp³-hybridized carbons (Fsp3) is 0.174. The first kappa shape index (κ1) is 22.6. The molecule has 0 fully saturated rings. The highest BCUT2D eigenvalue weighted by molar-refractivity contribution is 5.94. The van der Waals surface area contributed by atoms with Crippen LogP contribution in [-0.2, 0) is 6.42 Å². The maximum atomic E-state index is 14.8. The van der Waals surface area contributed by atoms with Gasteiger partial charge in [0.2, 0.25) is 0 Å². The Morgan fingerprint density at radius 1 is 1.18 bits per heavy atom. The van der Waals surface area contributed by atoms with Crippen LogP contribution in [0.15, 0.2) is 59.7 Å². The van der Waals surface area contributed by atoms with Gasteiger partial charge in [0.05, 0.1) is 14.2 Å². The summed E-state index contributed by atoms with van der Waals surface area (Å²) >= 11 is 0. The van der Waals surface area contributed by atoms with Crippen molar-refractivity contribution in [1.29, 1.82) is 5.41 Å². The summed E-state index contributed by atoms with van der Waals surface area (Å²) < 4.78 is 26.3. The first-order chi connectivity index (χ1) is 16.4. The van der Waals surface area contributed by atoms with E-state index in [2.05, 4.69) is 20.1 Å². The van der Waals surface area contributed by atoms with E-state index in [4.69, 9.17) is 20.6 Å². The SMILES string of the molecule is COc1cc(C(Cc2ccc(C(=N)N)cc2)c2nn(-c3ncccn3)c(=O)[nH]2)cc(F)c1OC.